The number of nitrogens with two attached hydrogens (primary N) is 1. The van der Waals surface area contributed by atoms with Crippen LogP contribution >= 0.6 is 0 Å². The van der Waals surface area contributed by atoms with Crippen LogP contribution in [0.5, 0.6) is 0 Å². The largest absolute Gasteiger partial charge is 0.384 e. The third-order valence-electron chi connectivity index (χ3n) is 3.71. The lowest BCUT2D eigenvalue weighted by molar-refractivity contribution is -0.0444. The van der Waals surface area contributed by atoms with Gasteiger partial charge in [0.2, 0.25) is 0 Å². The number of rotatable bonds is 3. The second-order valence-corrected chi connectivity index (χ2v) is 5.29. The molecule has 5 nitrogen and oxygen atoms in total. The van der Waals surface area contributed by atoms with Crippen molar-refractivity contribution in [2.24, 2.45) is 0 Å². The molecule has 1 aliphatic rings. The van der Waals surface area contributed by atoms with Gasteiger partial charge in [-0.3, -0.25) is 4.79 Å². The average Bonchev–Trinajstić information content (AvgIpc) is 2.45. The van der Waals surface area contributed by atoms with Gasteiger partial charge >= 0.3 is 0 Å². The lowest BCUT2D eigenvalue weighted by atomic mass is 10.1. The van der Waals surface area contributed by atoms with Crippen LogP contribution in [0.3, 0.4) is 0 Å². The van der Waals surface area contributed by atoms with Crippen LogP contribution in [0.4, 0.5) is 5.82 Å². The van der Waals surface area contributed by atoms with Crippen molar-refractivity contribution in [2.75, 3.05) is 18.9 Å². The Morgan fingerprint density at radius 3 is 2.90 bits per heavy atom. The molecule has 1 aromatic heterocycles. The predicted molar refractivity (Wildman–Crippen MR) is 78.6 cm³/mol. The molecule has 110 valence electrons. The molecule has 2 unspecified atom stereocenters. The Morgan fingerprint density at radius 1 is 1.50 bits per heavy atom. The zero-order chi connectivity index (χ0) is 14.7. The number of pyridine rings is 1. The molecule has 2 rings (SSSR count). The van der Waals surface area contributed by atoms with Gasteiger partial charge in [0.1, 0.15) is 5.82 Å². The molecule has 1 amide bonds. The second-order valence-electron chi connectivity index (χ2n) is 5.29. The molecule has 20 heavy (non-hydrogen) atoms. The van der Waals surface area contributed by atoms with Crippen molar-refractivity contribution < 1.29 is 9.53 Å². The molecule has 0 bridgehead atoms. The number of ether oxygens (including phenoxy) is 1. The van der Waals surface area contributed by atoms with Crippen molar-refractivity contribution in [1.82, 2.24) is 9.88 Å². The Morgan fingerprint density at radius 2 is 2.25 bits per heavy atom. The highest BCUT2D eigenvalue weighted by Gasteiger charge is 2.30. The van der Waals surface area contributed by atoms with Gasteiger partial charge in [-0.15, -0.1) is 0 Å². The molecule has 2 heterocycles. The maximum atomic E-state index is 12.7. The Hall–Kier alpha value is -1.62. The first-order valence-corrected chi connectivity index (χ1v) is 7.24. The smallest absolute Gasteiger partial charge is 0.254 e. The van der Waals surface area contributed by atoms with Gasteiger partial charge in [-0.25, -0.2) is 4.98 Å². The van der Waals surface area contributed by atoms with E-state index in [0.29, 0.717) is 24.5 Å². The summed E-state index contributed by atoms with van der Waals surface area (Å²) in [6.07, 6.45) is 1.73. The molecule has 2 atom stereocenters. The topological polar surface area (TPSA) is 68.5 Å². The molecule has 0 aromatic carbocycles. The van der Waals surface area contributed by atoms with E-state index in [1.54, 1.807) is 6.07 Å². The van der Waals surface area contributed by atoms with Crippen molar-refractivity contribution in [2.45, 2.75) is 45.8 Å². The first-order valence-electron chi connectivity index (χ1n) is 7.24. The first-order chi connectivity index (χ1) is 9.55. The number of morpholine rings is 1. The number of nitrogen functional groups attached to an aromatic ring is 1. The molecule has 0 radical (unpaired) electrons. The number of nitrogens with zero attached hydrogens (tertiary/aromatic N) is 2. The first kappa shape index (κ1) is 14.8. The molecular weight excluding hydrogens is 254 g/mol. The fourth-order valence-corrected chi connectivity index (χ4v) is 2.51. The van der Waals surface area contributed by atoms with Crippen molar-refractivity contribution >= 4 is 11.7 Å². The number of carbonyl (C=O) groups is 1. The molecule has 0 aliphatic carbocycles. The Kier molecular flexibility index (Phi) is 4.60. The van der Waals surface area contributed by atoms with Gasteiger partial charge in [-0.2, -0.15) is 0 Å². The third kappa shape index (κ3) is 3.10. The van der Waals surface area contributed by atoms with Gasteiger partial charge in [0.05, 0.1) is 18.8 Å². The summed E-state index contributed by atoms with van der Waals surface area (Å²) < 4.78 is 5.64. The number of anilines is 1. The van der Waals surface area contributed by atoms with Crippen LogP contribution in [0.25, 0.3) is 0 Å². The highest BCUT2D eigenvalue weighted by atomic mass is 16.5. The predicted octanol–water partition coefficient (Wildman–Crippen LogP) is 1.87. The molecule has 1 saturated heterocycles. The van der Waals surface area contributed by atoms with Crippen molar-refractivity contribution in [3.05, 3.63) is 23.4 Å². The van der Waals surface area contributed by atoms with Crippen LogP contribution in [0, 0.1) is 0 Å². The zero-order valence-electron chi connectivity index (χ0n) is 12.4. The number of carbonyl (C=O) groups excluding carboxylic acids is 1. The van der Waals surface area contributed by atoms with Gasteiger partial charge < -0.3 is 15.4 Å². The van der Waals surface area contributed by atoms with Crippen LogP contribution < -0.4 is 5.73 Å². The van der Waals surface area contributed by atoms with Crippen molar-refractivity contribution in [3.63, 3.8) is 0 Å². The van der Waals surface area contributed by atoms with Gasteiger partial charge in [0.15, 0.2) is 0 Å². The highest BCUT2D eigenvalue weighted by Crippen LogP contribution is 2.19. The van der Waals surface area contributed by atoms with E-state index in [2.05, 4.69) is 11.9 Å². The number of hydrogen-bond donors (Lipinski definition) is 1. The Balaban J connectivity index is 2.26. The summed E-state index contributed by atoms with van der Waals surface area (Å²) in [6, 6.07) is 3.64. The SMILES string of the molecule is CCc1cc(C(=O)N2CC(C)OCC2CC)cc(N)n1. The molecule has 1 aliphatic heterocycles. The summed E-state index contributed by atoms with van der Waals surface area (Å²) in [5.74, 6) is 0.429. The molecule has 1 fully saturated rings. The quantitative estimate of drug-likeness (QED) is 0.915. The summed E-state index contributed by atoms with van der Waals surface area (Å²) in [6.45, 7) is 7.29. The fourth-order valence-electron chi connectivity index (χ4n) is 2.51. The van der Waals surface area contributed by atoms with Gasteiger partial charge in [-0.1, -0.05) is 13.8 Å². The highest BCUT2D eigenvalue weighted by molar-refractivity contribution is 5.95. The van der Waals surface area contributed by atoms with E-state index >= 15 is 0 Å². The van der Waals surface area contributed by atoms with Gasteiger partial charge in [-0.05, 0) is 31.9 Å². The molecule has 5 heteroatoms. The summed E-state index contributed by atoms with van der Waals surface area (Å²) in [7, 11) is 0. The fraction of sp³-hybridized carbons (Fsp3) is 0.600. The molecular formula is C15H23N3O2. The average molecular weight is 277 g/mol. The monoisotopic (exact) mass is 277 g/mol. The molecule has 0 spiro atoms. The minimum atomic E-state index is 0.0239. The van der Waals surface area contributed by atoms with Gasteiger partial charge in [0.25, 0.3) is 5.91 Å². The summed E-state index contributed by atoms with van der Waals surface area (Å²) in [5, 5.41) is 0. The summed E-state index contributed by atoms with van der Waals surface area (Å²) in [5.41, 5.74) is 7.27. The Labute approximate surface area is 120 Å². The van der Waals surface area contributed by atoms with Crippen LogP contribution in [0.15, 0.2) is 12.1 Å². The number of hydrogen-bond acceptors (Lipinski definition) is 4. The number of aryl methyl sites for hydroxylation is 1. The van der Waals surface area contributed by atoms with Crippen LogP contribution in [0.1, 0.15) is 43.2 Å². The number of aromatic nitrogens is 1. The maximum Gasteiger partial charge on any atom is 0.254 e. The lowest BCUT2D eigenvalue weighted by Gasteiger charge is -2.38. The lowest BCUT2D eigenvalue weighted by Crippen LogP contribution is -2.51. The summed E-state index contributed by atoms with van der Waals surface area (Å²) in [4.78, 5) is 18.8. The molecule has 1 aromatic rings. The zero-order valence-corrected chi connectivity index (χ0v) is 12.4. The van der Waals surface area contributed by atoms with E-state index in [9.17, 15) is 4.79 Å². The normalized spacial score (nSPS) is 22.9. The Bertz CT molecular complexity index is 490. The van der Waals surface area contributed by atoms with Crippen molar-refractivity contribution in [1.29, 1.82) is 0 Å². The van der Waals surface area contributed by atoms with Crippen molar-refractivity contribution in [3.8, 4) is 0 Å². The molecule has 0 saturated carbocycles. The van der Waals surface area contributed by atoms with Crippen LogP contribution in [-0.2, 0) is 11.2 Å². The van der Waals surface area contributed by atoms with E-state index in [4.69, 9.17) is 10.5 Å². The molecule has 2 N–H and O–H groups in total. The minimum absolute atomic E-state index is 0.0239. The van der Waals surface area contributed by atoms with E-state index in [-0.39, 0.29) is 18.1 Å². The number of amides is 1. The van der Waals surface area contributed by atoms with E-state index < -0.39 is 0 Å². The summed E-state index contributed by atoms with van der Waals surface area (Å²) >= 11 is 0. The minimum Gasteiger partial charge on any atom is -0.384 e. The second kappa shape index (κ2) is 6.22. The standard InChI is InChI=1S/C15H23N3O2/c1-4-12-6-11(7-14(16)17-12)15(19)18-8-10(3)20-9-13(18)5-2/h6-7,10,13H,4-5,8-9H2,1-3H3,(H2,16,17). The van der Waals surface area contributed by atoms with Crippen LogP contribution in [0.2, 0.25) is 0 Å². The van der Waals surface area contributed by atoms with Gasteiger partial charge in [0, 0.05) is 17.8 Å². The van der Waals surface area contributed by atoms with E-state index in [1.165, 1.54) is 0 Å². The maximum absolute atomic E-state index is 12.7. The van der Waals surface area contributed by atoms with E-state index in [0.717, 1.165) is 18.5 Å². The van der Waals surface area contributed by atoms with Crippen LogP contribution in [-0.4, -0.2) is 41.1 Å². The van der Waals surface area contributed by atoms with E-state index in [1.807, 2.05) is 24.8 Å². The third-order valence-corrected chi connectivity index (χ3v) is 3.71.